The summed E-state index contributed by atoms with van der Waals surface area (Å²) in [5.41, 5.74) is 0.835. The highest BCUT2D eigenvalue weighted by Crippen LogP contribution is 2.21. The van der Waals surface area contributed by atoms with Crippen LogP contribution >= 0.6 is 11.3 Å². The minimum atomic E-state index is -0.318. The van der Waals surface area contributed by atoms with E-state index >= 15 is 0 Å². The standard InChI is InChI=1S/C17H19FN2O2S/c1-12(21)20-15(16-6-3-9-23-16)11-17(22)19-8-7-13-4-2-5-14(18)10-13/h2-6,9-10,15H,7-8,11H2,1H3,(H,19,22)(H,20,21)/t15-/m0/s1. The molecule has 23 heavy (non-hydrogen) atoms. The van der Waals surface area contributed by atoms with Gasteiger partial charge in [-0.15, -0.1) is 11.3 Å². The molecule has 1 aromatic heterocycles. The van der Waals surface area contributed by atoms with Gasteiger partial charge in [0, 0.05) is 18.3 Å². The number of hydrogen-bond acceptors (Lipinski definition) is 3. The van der Waals surface area contributed by atoms with Gasteiger partial charge in [0.25, 0.3) is 0 Å². The second-order valence-electron chi connectivity index (χ2n) is 5.20. The minimum absolute atomic E-state index is 0.145. The molecule has 0 aliphatic heterocycles. The van der Waals surface area contributed by atoms with Crippen LogP contribution in [0.3, 0.4) is 0 Å². The summed E-state index contributed by atoms with van der Waals surface area (Å²) in [6, 6.07) is 9.78. The molecule has 0 bridgehead atoms. The summed E-state index contributed by atoms with van der Waals surface area (Å²) >= 11 is 1.50. The Morgan fingerprint density at radius 2 is 2.09 bits per heavy atom. The monoisotopic (exact) mass is 334 g/mol. The van der Waals surface area contributed by atoms with Crippen LogP contribution in [0.25, 0.3) is 0 Å². The van der Waals surface area contributed by atoms with Crippen molar-refractivity contribution in [2.75, 3.05) is 6.54 Å². The van der Waals surface area contributed by atoms with Gasteiger partial charge in [0.15, 0.2) is 0 Å². The van der Waals surface area contributed by atoms with Crippen LogP contribution in [0.4, 0.5) is 4.39 Å². The molecule has 1 aromatic carbocycles. The molecule has 2 amide bonds. The van der Waals surface area contributed by atoms with Gasteiger partial charge in [-0.2, -0.15) is 0 Å². The van der Waals surface area contributed by atoms with E-state index in [9.17, 15) is 14.0 Å². The number of amides is 2. The highest BCUT2D eigenvalue weighted by atomic mass is 32.1. The molecule has 0 aliphatic carbocycles. The first kappa shape index (κ1) is 17.1. The lowest BCUT2D eigenvalue weighted by Gasteiger charge is -2.16. The molecule has 0 fully saturated rings. The first-order chi connectivity index (χ1) is 11.0. The lowest BCUT2D eigenvalue weighted by atomic mass is 10.1. The number of hydrogen-bond donors (Lipinski definition) is 2. The van der Waals surface area contributed by atoms with E-state index in [1.807, 2.05) is 23.6 Å². The SMILES string of the molecule is CC(=O)N[C@@H](CC(=O)NCCc1cccc(F)c1)c1cccs1. The number of nitrogens with one attached hydrogen (secondary N) is 2. The van der Waals surface area contributed by atoms with Gasteiger partial charge in [0.05, 0.1) is 12.5 Å². The molecular weight excluding hydrogens is 315 g/mol. The smallest absolute Gasteiger partial charge is 0.222 e. The quantitative estimate of drug-likeness (QED) is 0.818. The fraction of sp³-hybridized carbons (Fsp3) is 0.294. The molecular formula is C17H19FN2O2S. The lowest BCUT2D eigenvalue weighted by Crippen LogP contribution is -2.33. The van der Waals surface area contributed by atoms with Crippen molar-refractivity contribution in [3.63, 3.8) is 0 Å². The highest BCUT2D eigenvalue weighted by Gasteiger charge is 2.17. The van der Waals surface area contributed by atoms with E-state index in [0.29, 0.717) is 13.0 Å². The van der Waals surface area contributed by atoms with Crippen LogP contribution in [0.1, 0.15) is 29.8 Å². The van der Waals surface area contributed by atoms with Crippen LogP contribution in [-0.4, -0.2) is 18.4 Å². The molecule has 6 heteroatoms. The summed E-state index contributed by atoms with van der Waals surface area (Å²) in [6.45, 7) is 1.86. The molecule has 1 heterocycles. The van der Waals surface area contributed by atoms with Crippen molar-refractivity contribution >= 4 is 23.2 Å². The first-order valence-corrected chi connectivity index (χ1v) is 8.24. The predicted octanol–water partition coefficient (Wildman–Crippen LogP) is 2.81. The topological polar surface area (TPSA) is 58.2 Å². The third-order valence-corrected chi connectivity index (χ3v) is 4.26. The maximum Gasteiger partial charge on any atom is 0.222 e. The number of benzene rings is 1. The van der Waals surface area contributed by atoms with Gasteiger partial charge in [-0.05, 0) is 35.6 Å². The van der Waals surface area contributed by atoms with Gasteiger partial charge in [-0.25, -0.2) is 4.39 Å². The van der Waals surface area contributed by atoms with Crippen LogP contribution in [0, 0.1) is 5.82 Å². The van der Waals surface area contributed by atoms with Crippen molar-refractivity contribution in [3.05, 3.63) is 58.0 Å². The molecule has 0 unspecified atom stereocenters. The summed E-state index contributed by atoms with van der Waals surface area (Å²) in [5.74, 6) is -0.596. The number of carbonyl (C=O) groups excluding carboxylic acids is 2. The minimum Gasteiger partial charge on any atom is -0.356 e. The van der Waals surface area contributed by atoms with Gasteiger partial charge < -0.3 is 10.6 Å². The van der Waals surface area contributed by atoms with Gasteiger partial charge in [0.2, 0.25) is 11.8 Å². The van der Waals surface area contributed by atoms with E-state index < -0.39 is 0 Å². The molecule has 122 valence electrons. The van der Waals surface area contributed by atoms with E-state index in [1.165, 1.54) is 30.4 Å². The zero-order chi connectivity index (χ0) is 16.7. The van der Waals surface area contributed by atoms with Gasteiger partial charge in [-0.1, -0.05) is 18.2 Å². The zero-order valence-electron chi connectivity index (χ0n) is 12.8. The maximum absolute atomic E-state index is 13.1. The highest BCUT2D eigenvalue weighted by molar-refractivity contribution is 7.10. The maximum atomic E-state index is 13.1. The molecule has 2 rings (SSSR count). The van der Waals surface area contributed by atoms with E-state index in [-0.39, 0.29) is 30.1 Å². The molecule has 2 aromatic rings. The van der Waals surface area contributed by atoms with Crippen LogP contribution < -0.4 is 10.6 Å². The second kappa shape index (κ2) is 8.43. The van der Waals surface area contributed by atoms with Gasteiger partial charge >= 0.3 is 0 Å². The summed E-state index contributed by atoms with van der Waals surface area (Å²) in [6.07, 6.45) is 0.747. The van der Waals surface area contributed by atoms with E-state index in [2.05, 4.69) is 10.6 Å². The van der Waals surface area contributed by atoms with Crippen molar-refractivity contribution in [1.82, 2.24) is 10.6 Å². The van der Waals surface area contributed by atoms with Crippen LogP contribution in [0.2, 0.25) is 0 Å². The lowest BCUT2D eigenvalue weighted by molar-refractivity contribution is -0.122. The van der Waals surface area contributed by atoms with E-state index in [0.717, 1.165) is 10.4 Å². The van der Waals surface area contributed by atoms with Crippen LogP contribution in [0.5, 0.6) is 0 Å². The summed E-state index contributed by atoms with van der Waals surface area (Å²) < 4.78 is 13.1. The number of carbonyl (C=O) groups is 2. The van der Waals surface area contributed by atoms with Gasteiger partial charge in [-0.3, -0.25) is 9.59 Å². The van der Waals surface area contributed by atoms with Crippen molar-refractivity contribution in [2.24, 2.45) is 0 Å². The van der Waals surface area contributed by atoms with Gasteiger partial charge in [0.1, 0.15) is 5.82 Å². The van der Waals surface area contributed by atoms with Crippen molar-refractivity contribution < 1.29 is 14.0 Å². The fourth-order valence-electron chi connectivity index (χ4n) is 2.25. The third-order valence-electron chi connectivity index (χ3n) is 3.28. The Kier molecular flexibility index (Phi) is 6.29. The Labute approximate surface area is 138 Å². The molecule has 4 nitrogen and oxygen atoms in total. The molecule has 1 atom stereocenters. The summed E-state index contributed by atoms with van der Waals surface area (Å²) in [5, 5.41) is 7.51. The van der Waals surface area contributed by atoms with Crippen molar-refractivity contribution in [2.45, 2.75) is 25.8 Å². The molecule has 2 N–H and O–H groups in total. The molecule has 0 radical (unpaired) electrons. The van der Waals surface area contributed by atoms with Crippen molar-refractivity contribution in [3.8, 4) is 0 Å². The fourth-order valence-corrected chi connectivity index (χ4v) is 3.03. The predicted molar refractivity (Wildman–Crippen MR) is 88.6 cm³/mol. The molecule has 0 spiro atoms. The number of halogens is 1. The molecule has 0 aliphatic rings. The number of thiophene rings is 1. The zero-order valence-corrected chi connectivity index (χ0v) is 13.7. The molecule has 0 saturated carbocycles. The Hall–Kier alpha value is -2.21. The summed E-state index contributed by atoms with van der Waals surface area (Å²) in [7, 11) is 0. The Morgan fingerprint density at radius 3 is 2.74 bits per heavy atom. The largest absolute Gasteiger partial charge is 0.356 e. The average Bonchev–Trinajstić information content (AvgIpc) is 3.00. The van der Waals surface area contributed by atoms with E-state index in [1.54, 1.807) is 6.07 Å². The number of rotatable bonds is 7. The second-order valence-corrected chi connectivity index (χ2v) is 6.18. The van der Waals surface area contributed by atoms with E-state index in [4.69, 9.17) is 0 Å². The normalized spacial score (nSPS) is 11.7. The summed E-state index contributed by atoms with van der Waals surface area (Å²) in [4.78, 5) is 24.3. The Bertz CT molecular complexity index is 658. The van der Waals surface area contributed by atoms with Crippen LogP contribution in [0.15, 0.2) is 41.8 Å². The van der Waals surface area contributed by atoms with Crippen molar-refractivity contribution in [1.29, 1.82) is 0 Å². The first-order valence-electron chi connectivity index (χ1n) is 7.36. The Balaban J connectivity index is 1.83. The Morgan fingerprint density at radius 1 is 1.26 bits per heavy atom. The third kappa shape index (κ3) is 5.83. The molecule has 0 saturated heterocycles. The average molecular weight is 334 g/mol. The van der Waals surface area contributed by atoms with Crippen LogP contribution in [-0.2, 0) is 16.0 Å².